The van der Waals surface area contributed by atoms with Crippen molar-refractivity contribution in [3.05, 3.63) is 12.2 Å². The lowest BCUT2D eigenvalue weighted by Gasteiger charge is -2.37. The van der Waals surface area contributed by atoms with Gasteiger partial charge in [0, 0.05) is 19.3 Å². The van der Waals surface area contributed by atoms with Crippen LogP contribution < -0.4 is 5.32 Å². The van der Waals surface area contributed by atoms with Gasteiger partial charge in [-0.15, -0.1) is 0 Å². The zero-order valence-corrected chi connectivity index (χ0v) is 32.6. The number of carbonyl (C=O) groups is 3. The highest BCUT2D eigenvalue weighted by molar-refractivity contribution is 5.82. The Labute approximate surface area is 296 Å². The third-order valence-corrected chi connectivity index (χ3v) is 9.75. The first-order chi connectivity index (χ1) is 22.9. The zero-order chi connectivity index (χ0) is 36.3. The molecule has 0 heterocycles. The van der Waals surface area contributed by atoms with Gasteiger partial charge in [0.2, 0.25) is 5.91 Å². The topological polar surface area (TPSA) is 102 Å². The third-order valence-electron chi connectivity index (χ3n) is 9.75. The number of aliphatic hydroxyl groups is 1. The van der Waals surface area contributed by atoms with Crippen LogP contribution in [-0.4, -0.2) is 47.8 Å². The lowest BCUT2D eigenvalue weighted by Crippen LogP contribution is -2.56. The second-order valence-electron chi connectivity index (χ2n) is 15.2. The van der Waals surface area contributed by atoms with Crippen molar-refractivity contribution in [2.24, 2.45) is 10.8 Å². The molecule has 2 N–H and O–H groups in total. The molecule has 7 nitrogen and oxygen atoms in total. The Morgan fingerprint density at radius 2 is 1.15 bits per heavy atom. The van der Waals surface area contributed by atoms with Gasteiger partial charge in [-0.2, -0.15) is 0 Å². The first-order valence-corrected chi connectivity index (χ1v) is 19.8. The molecule has 48 heavy (non-hydrogen) atoms. The molecule has 1 unspecified atom stereocenters. The molecule has 0 radical (unpaired) electrons. The minimum atomic E-state index is -0.987. The van der Waals surface area contributed by atoms with E-state index in [4.69, 9.17) is 9.47 Å². The molecular formula is C41H77NO6. The standard InChI is InChI=1S/C41H77NO6/c1-9-12-14-16-18-20-21-22-23-24-26-28-30-37(47-34(4)44)38(48-35(5)45)36(32-43)42-39(46)40(6,7)33-41(8,11-3)31-29-27-25-19-17-15-13-10-2/h29,31,36-38,43H,9-28,30,32-33H2,1-8H3,(H,42,46)/b31-29+/t36-,37+,38-,41?/m0/s1. The van der Waals surface area contributed by atoms with Gasteiger partial charge in [-0.05, 0) is 43.9 Å². The molecule has 0 bridgehead atoms. The van der Waals surface area contributed by atoms with Gasteiger partial charge in [0.1, 0.15) is 6.10 Å². The van der Waals surface area contributed by atoms with E-state index in [0.29, 0.717) is 12.8 Å². The highest BCUT2D eigenvalue weighted by atomic mass is 16.6. The van der Waals surface area contributed by atoms with E-state index in [1.807, 2.05) is 13.8 Å². The minimum absolute atomic E-state index is 0.165. The number of hydrogen-bond acceptors (Lipinski definition) is 6. The van der Waals surface area contributed by atoms with E-state index in [2.05, 4.69) is 45.2 Å². The van der Waals surface area contributed by atoms with Crippen LogP contribution in [0.3, 0.4) is 0 Å². The Hall–Kier alpha value is -1.89. The number of aliphatic hydroxyl groups excluding tert-OH is 1. The molecule has 0 aromatic heterocycles. The molecule has 0 saturated carbocycles. The third kappa shape index (κ3) is 22.7. The Balaban J connectivity index is 5.25. The predicted octanol–water partition coefficient (Wildman–Crippen LogP) is 10.6. The van der Waals surface area contributed by atoms with Gasteiger partial charge >= 0.3 is 11.9 Å². The first-order valence-electron chi connectivity index (χ1n) is 19.8. The molecule has 282 valence electrons. The smallest absolute Gasteiger partial charge is 0.303 e. The number of amides is 1. The van der Waals surface area contributed by atoms with Gasteiger partial charge in [0.05, 0.1) is 12.6 Å². The summed E-state index contributed by atoms with van der Waals surface area (Å²) < 4.78 is 11.3. The maximum Gasteiger partial charge on any atom is 0.303 e. The molecule has 0 saturated heterocycles. The number of hydrogen-bond donors (Lipinski definition) is 2. The van der Waals surface area contributed by atoms with Crippen LogP contribution in [0.1, 0.15) is 197 Å². The number of esters is 2. The van der Waals surface area contributed by atoms with Gasteiger partial charge in [-0.25, -0.2) is 0 Å². The lowest BCUT2D eigenvalue weighted by molar-refractivity contribution is -0.170. The lowest BCUT2D eigenvalue weighted by atomic mass is 9.71. The quantitative estimate of drug-likeness (QED) is 0.0429. The SMILES string of the molecule is CCCCCCCC/C=C/C(C)(CC)CC(C)(C)C(=O)N[C@@H](CO)[C@H](OC(C)=O)[C@@H](CCCCCCCCCCCCCC)OC(C)=O. The summed E-state index contributed by atoms with van der Waals surface area (Å²) in [6.07, 6.45) is 27.9. The summed E-state index contributed by atoms with van der Waals surface area (Å²) in [5.41, 5.74) is -0.919. The van der Waals surface area contributed by atoms with Crippen molar-refractivity contribution in [1.82, 2.24) is 5.32 Å². The van der Waals surface area contributed by atoms with Crippen LogP contribution in [0, 0.1) is 10.8 Å². The Morgan fingerprint density at radius 1 is 0.688 bits per heavy atom. The molecule has 1 amide bonds. The van der Waals surface area contributed by atoms with Crippen LogP contribution >= 0.6 is 0 Å². The normalized spacial score (nSPS) is 15.1. The average Bonchev–Trinajstić information content (AvgIpc) is 3.03. The summed E-state index contributed by atoms with van der Waals surface area (Å²) in [4.78, 5) is 38.1. The van der Waals surface area contributed by atoms with Crippen molar-refractivity contribution in [2.75, 3.05) is 6.61 Å². The van der Waals surface area contributed by atoms with E-state index in [0.717, 1.165) is 32.1 Å². The van der Waals surface area contributed by atoms with Crippen molar-refractivity contribution in [3.8, 4) is 0 Å². The van der Waals surface area contributed by atoms with Crippen LogP contribution in [0.25, 0.3) is 0 Å². The zero-order valence-electron chi connectivity index (χ0n) is 32.6. The van der Waals surface area contributed by atoms with E-state index in [9.17, 15) is 19.5 Å². The van der Waals surface area contributed by atoms with Crippen LogP contribution in [-0.2, 0) is 23.9 Å². The molecule has 4 atom stereocenters. The summed E-state index contributed by atoms with van der Waals surface area (Å²) >= 11 is 0. The molecule has 0 aliphatic rings. The fraction of sp³-hybridized carbons (Fsp3) is 0.878. The Kier molecular flexibility index (Phi) is 26.8. The first kappa shape index (κ1) is 46.1. The number of nitrogens with one attached hydrogen (secondary N) is 1. The fourth-order valence-corrected chi connectivity index (χ4v) is 6.70. The van der Waals surface area contributed by atoms with Crippen molar-refractivity contribution >= 4 is 17.8 Å². The molecule has 7 heteroatoms. The summed E-state index contributed by atoms with van der Waals surface area (Å²) in [6, 6.07) is -0.904. The summed E-state index contributed by atoms with van der Waals surface area (Å²) in [6.45, 7) is 14.8. The fourth-order valence-electron chi connectivity index (χ4n) is 6.70. The van der Waals surface area contributed by atoms with E-state index < -0.39 is 42.2 Å². The molecular weight excluding hydrogens is 602 g/mol. The van der Waals surface area contributed by atoms with E-state index in [1.54, 1.807) is 0 Å². The van der Waals surface area contributed by atoms with Crippen LogP contribution in [0.2, 0.25) is 0 Å². The highest BCUT2D eigenvalue weighted by Gasteiger charge is 2.40. The van der Waals surface area contributed by atoms with E-state index in [-0.39, 0.29) is 11.3 Å². The van der Waals surface area contributed by atoms with Gasteiger partial charge in [0.15, 0.2) is 6.10 Å². The van der Waals surface area contributed by atoms with Crippen molar-refractivity contribution < 1.29 is 29.0 Å². The number of allylic oxidation sites excluding steroid dienone is 2. The predicted molar refractivity (Wildman–Crippen MR) is 200 cm³/mol. The number of ether oxygens (including phenoxy) is 2. The highest BCUT2D eigenvalue weighted by Crippen LogP contribution is 2.38. The average molecular weight is 680 g/mol. The van der Waals surface area contributed by atoms with Crippen molar-refractivity contribution in [2.45, 2.75) is 215 Å². The summed E-state index contributed by atoms with van der Waals surface area (Å²) in [5.74, 6) is -1.26. The molecule has 0 aromatic rings. The summed E-state index contributed by atoms with van der Waals surface area (Å²) in [5, 5.41) is 13.4. The van der Waals surface area contributed by atoms with E-state index >= 15 is 0 Å². The molecule has 0 rings (SSSR count). The van der Waals surface area contributed by atoms with Crippen LogP contribution in [0.4, 0.5) is 0 Å². The van der Waals surface area contributed by atoms with Gasteiger partial charge in [-0.1, -0.05) is 156 Å². The number of rotatable bonds is 31. The van der Waals surface area contributed by atoms with Crippen molar-refractivity contribution in [3.63, 3.8) is 0 Å². The van der Waals surface area contributed by atoms with Crippen molar-refractivity contribution in [1.29, 1.82) is 0 Å². The Morgan fingerprint density at radius 3 is 1.58 bits per heavy atom. The number of carbonyl (C=O) groups excluding carboxylic acids is 3. The second kappa shape index (κ2) is 27.9. The molecule has 0 aliphatic heterocycles. The molecule has 0 aliphatic carbocycles. The maximum absolute atomic E-state index is 13.7. The maximum atomic E-state index is 13.7. The molecule has 0 spiro atoms. The van der Waals surface area contributed by atoms with Gasteiger partial charge < -0.3 is 19.9 Å². The Bertz CT molecular complexity index is 871. The largest absolute Gasteiger partial charge is 0.459 e. The summed E-state index contributed by atoms with van der Waals surface area (Å²) in [7, 11) is 0. The van der Waals surface area contributed by atoms with Gasteiger partial charge in [-0.3, -0.25) is 14.4 Å². The van der Waals surface area contributed by atoms with Crippen LogP contribution in [0.15, 0.2) is 12.2 Å². The monoisotopic (exact) mass is 680 g/mol. The van der Waals surface area contributed by atoms with Gasteiger partial charge in [0.25, 0.3) is 0 Å². The second-order valence-corrected chi connectivity index (χ2v) is 15.2. The minimum Gasteiger partial charge on any atom is -0.459 e. The van der Waals surface area contributed by atoms with Crippen LogP contribution in [0.5, 0.6) is 0 Å². The number of unbranched alkanes of at least 4 members (excludes halogenated alkanes) is 17. The molecule has 0 fully saturated rings. The van der Waals surface area contributed by atoms with E-state index in [1.165, 1.54) is 110 Å². The molecule has 0 aromatic carbocycles.